The molecule has 34 heavy (non-hydrogen) atoms. The van der Waals surface area contributed by atoms with E-state index in [1.807, 2.05) is 12.1 Å². The van der Waals surface area contributed by atoms with Gasteiger partial charge in [0.25, 0.3) is 0 Å². The number of nitrogens with one attached hydrogen (secondary N) is 1. The highest BCUT2D eigenvalue weighted by molar-refractivity contribution is 7.99. The van der Waals surface area contributed by atoms with Crippen LogP contribution in [0, 0.1) is 0 Å². The van der Waals surface area contributed by atoms with Crippen LogP contribution in [-0.4, -0.2) is 65.4 Å². The summed E-state index contributed by atoms with van der Waals surface area (Å²) in [5.74, 6) is 0.556. The zero-order chi connectivity index (χ0) is 23.8. The molecule has 1 N–H and O–H groups in total. The van der Waals surface area contributed by atoms with Crippen molar-refractivity contribution < 1.29 is 14.3 Å². The monoisotopic (exact) mass is 498 g/mol. The lowest BCUT2D eigenvalue weighted by atomic mass is 10.2. The van der Waals surface area contributed by atoms with Crippen molar-refractivity contribution in [2.45, 2.75) is 18.4 Å². The van der Waals surface area contributed by atoms with Crippen molar-refractivity contribution in [2.24, 2.45) is 0 Å². The predicted molar refractivity (Wildman–Crippen MR) is 135 cm³/mol. The fourth-order valence-corrected chi connectivity index (χ4v) is 4.90. The number of thiazole rings is 1. The number of aromatic nitrogens is 3. The van der Waals surface area contributed by atoms with Crippen molar-refractivity contribution in [3.63, 3.8) is 0 Å². The molecule has 0 bridgehead atoms. The van der Waals surface area contributed by atoms with E-state index in [2.05, 4.69) is 54.3 Å². The van der Waals surface area contributed by atoms with E-state index in [0.717, 1.165) is 37.0 Å². The Morgan fingerprint density at radius 1 is 1.12 bits per heavy atom. The molecule has 0 unspecified atom stereocenters. The maximum atomic E-state index is 12.4. The lowest BCUT2D eigenvalue weighted by Gasteiger charge is -2.36. The Morgan fingerprint density at radius 3 is 2.65 bits per heavy atom. The molecule has 178 valence electrons. The molecule has 4 rings (SSSR count). The van der Waals surface area contributed by atoms with Crippen molar-refractivity contribution in [1.29, 1.82) is 0 Å². The van der Waals surface area contributed by atoms with E-state index >= 15 is 0 Å². The van der Waals surface area contributed by atoms with Gasteiger partial charge < -0.3 is 19.9 Å². The molecule has 1 aliphatic rings. The first-order chi connectivity index (χ1) is 16.6. The molecule has 1 aliphatic heterocycles. The largest absolute Gasteiger partial charge is 0.466 e. The average Bonchev–Trinajstić information content (AvgIpc) is 3.30. The van der Waals surface area contributed by atoms with Crippen LogP contribution >= 0.6 is 23.1 Å². The molecule has 1 aromatic carbocycles. The highest BCUT2D eigenvalue weighted by atomic mass is 32.2. The van der Waals surface area contributed by atoms with E-state index in [1.54, 1.807) is 18.6 Å². The van der Waals surface area contributed by atoms with Crippen LogP contribution in [0.3, 0.4) is 0 Å². The first kappa shape index (κ1) is 24.0. The molecule has 1 fully saturated rings. The number of benzene rings is 1. The maximum Gasteiger partial charge on any atom is 0.311 e. The molecule has 3 aromatic rings. The molecule has 3 heterocycles. The first-order valence-corrected chi connectivity index (χ1v) is 12.9. The number of nitrogens with zero attached hydrogens (tertiary/aromatic N) is 5. The van der Waals surface area contributed by atoms with Crippen LogP contribution in [0.2, 0.25) is 0 Å². The Morgan fingerprint density at radius 2 is 1.88 bits per heavy atom. The minimum atomic E-state index is -0.331. The molecule has 0 atom stereocenters. The second kappa shape index (κ2) is 11.8. The topological polar surface area (TPSA) is 101 Å². The normalized spacial score (nSPS) is 13.6. The lowest BCUT2D eigenvalue weighted by molar-refractivity contribution is -0.142. The number of hydrogen-bond acceptors (Lipinski definition) is 10. The predicted octanol–water partition coefficient (Wildman–Crippen LogP) is 3.10. The van der Waals surface area contributed by atoms with Gasteiger partial charge in [0.15, 0.2) is 5.13 Å². The third kappa shape index (κ3) is 6.67. The van der Waals surface area contributed by atoms with E-state index < -0.39 is 0 Å². The molecule has 1 saturated heterocycles. The summed E-state index contributed by atoms with van der Waals surface area (Å²) in [5.41, 5.74) is 1.82. The van der Waals surface area contributed by atoms with Gasteiger partial charge in [0, 0.05) is 43.3 Å². The first-order valence-electron chi connectivity index (χ1n) is 11.0. The zero-order valence-electron chi connectivity index (χ0n) is 18.8. The Kier molecular flexibility index (Phi) is 8.31. The van der Waals surface area contributed by atoms with Crippen LogP contribution in [0.25, 0.3) is 0 Å². The minimum absolute atomic E-state index is 0.0955. The van der Waals surface area contributed by atoms with E-state index in [1.165, 1.54) is 28.8 Å². The van der Waals surface area contributed by atoms with Crippen LogP contribution in [0.15, 0.2) is 53.1 Å². The fraction of sp³-hybridized carbons (Fsp3) is 0.348. The molecule has 1 amide bonds. The molecule has 0 radical (unpaired) electrons. The van der Waals surface area contributed by atoms with Crippen LogP contribution in [0.1, 0.15) is 12.6 Å². The third-order valence-electron chi connectivity index (χ3n) is 5.13. The lowest BCUT2D eigenvalue weighted by Crippen LogP contribution is -2.46. The Labute approximate surface area is 206 Å². The van der Waals surface area contributed by atoms with Crippen molar-refractivity contribution >= 4 is 51.6 Å². The smallest absolute Gasteiger partial charge is 0.311 e. The summed E-state index contributed by atoms with van der Waals surface area (Å²) in [6.45, 7) is 5.67. The minimum Gasteiger partial charge on any atom is -0.466 e. The number of ether oxygens (including phenoxy) is 1. The van der Waals surface area contributed by atoms with Gasteiger partial charge in [0.1, 0.15) is 17.2 Å². The van der Waals surface area contributed by atoms with Gasteiger partial charge in [-0.3, -0.25) is 9.59 Å². The summed E-state index contributed by atoms with van der Waals surface area (Å²) in [6, 6.07) is 12.3. The molecule has 9 nitrogen and oxygen atoms in total. The summed E-state index contributed by atoms with van der Waals surface area (Å²) in [4.78, 5) is 41.5. The molecular formula is C23H26N6O3S2. The van der Waals surface area contributed by atoms with Crippen LogP contribution in [0.4, 0.5) is 16.6 Å². The highest BCUT2D eigenvalue weighted by Crippen LogP contribution is 2.23. The van der Waals surface area contributed by atoms with E-state index in [9.17, 15) is 9.59 Å². The standard InChI is InChI=1S/C23H26N6O3S2/c1-2-32-22(31)12-17-14-34-23(26-17)27-20(30)15-33-21-13-19(24-16-25-21)29-10-8-28(9-11-29)18-6-4-3-5-7-18/h3-7,13-14,16H,2,8-12,15H2,1H3,(H,26,27,30). The average molecular weight is 499 g/mol. The van der Waals surface area contributed by atoms with E-state index in [0.29, 0.717) is 17.4 Å². The molecule has 2 aromatic heterocycles. The van der Waals surface area contributed by atoms with Crippen LogP contribution in [0.5, 0.6) is 0 Å². The molecule has 0 spiro atoms. The Balaban J connectivity index is 1.25. The second-order valence-corrected chi connectivity index (χ2v) is 9.34. The molecular weight excluding hydrogens is 472 g/mol. The number of amides is 1. The fourth-order valence-electron chi connectivity index (χ4n) is 3.51. The Bertz CT molecular complexity index is 1100. The third-order valence-corrected chi connectivity index (χ3v) is 6.86. The summed E-state index contributed by atoms with van der Waals surface area (Å²) in [6.07, 6.45) is 1.64. The number of thioether (sulfide) groups is 1. The van der Waals surface area contributed by atoms with Crippen LogP contribution < -0.4 is 15.1 Å². The number of esters is 1. The van der Waals surface area contributed by atoms with Gasteiger partial charge in [0.05, 0.1) is 24.5 Å². The summed E-state index contributed by atoms with van der Waals surface area (Å²) < 4.78 is 4.92. The maximum absolute atomic E-state index is 12.4. The van der Waals surface area contributed by atoms with Gasteiger partial charge in [-0.15, -0.1) is 11.3 Å². The van der Waals surface area contributed by atoms with Gasteiger partial charge in [-0.25, -0.2) is 15.0 Å². The number of hydrogen-bond donors (Lipinski definition) is 1. The quantitative estimate of drug-likeness (QED) is 0.271. The molecule has 11 heteroatoms. The van der Waals surface area contributed by atoms with Gasteiger partial charge in [-0.2, -0.15) is 0 Å². The number of carbonyl (C=O) groups excluding carboxylic acids is 2. The second-order valence-electron chi connectivity index (χ2n) is 7.49. The summed E-state index contributed by atoms with van der Waals surface area (Å²) >= 11 is 2.63. The van der Waals surface area contributed by atoms with E-state index in [4.69, 9.17) is 4.74 Å². The van der Waals surface area contributed by atoms with E-state index in [-0.39, 0.29) is 24.1 Å². The SMILES string of the molecule is CCOC(=O)Cc1csc(NC(=O)CSc2cc(N3CCN(c4ccccc4)CC3)ncn2)n1. The van der Waals surface area contributed by atoms with Gasteiger partial charge in [-0.1, -0.05) is 30.0 Å². The number of rotatable bonds is 9. The van der Waals surface area contributed by atoms with Crippen molar-refractivity contribution in [2.75, 3.05) is 53.7 Å². The Hall–Kier alpha value is -3.18. The van der Waals surface area contributed by atoms with Crippen molar-refractivity contribution in [3.8, 4) is 0 Å². The number of carbonyl (C=O) groups is 2. The molecule has 0 aliphatic carbocycles. The summed E-state index contributed by atoms with van der Waals surface area (Å²) in [5, 5.41) is 5.72. The van der Waals surface area contributed by atoms with Gasteiger partial charge >= 0.3 is 5.97 Å². The van der Waals surface area contributed by atoms with Gasteiger partial charge in [-0.05, 0) is 19.1 Å². The van der Waals surface area contributed by atoms with Crippen molar-refractivity contribution in [1.82, 2.24) is 15.0 Å². The number of piperazine rings is 1. The zero-order valence-corrected chi connectivity index (χ0v) is 20.5. The summed E-state index contributed by atoms with van der Waals surface area (Å²) in [7, 11) is 0. The van der Waals surface area contributed by atoms with Gasteiger partial charge in [0.2, 0.25) is 5.91 Å². The highest BCUT2D eigenvalue weighted by Gasteiger charge is 2.19. The molecule has 0 saturated carbocycles. The van der Waals surface area contributed by atoms with Crippen LogP contribution in [-0.2, 0) is 20.7 Å². The van der Waals surface area contributed by atoms with Crippen molar-refractivity contribution in [3.05, 3.63) is 53.8 Å². The number of anilines is 3. The number of para-hydroxylation sites is 1.